The van der Waals surface area contributed by atoms with Crippen LogP contribution in [0.4, 0.5) is 4.39 Å². The third-order valence-corrected chi connectivity index (χ3v) is 3.99. The van der Waals surface area contributed by atoms with Gasteiger partial charge in [-0.05, 0) is 40.9 Å². The van der Waals surface area contributed by atoms with Crippen molar-refractivity contribution in [2.75, 3.05) is 6.54 Å². The SMILES string of the molecule is CC(O)C(C)(CN)Cc1cccc(F)c1Br. The van der Waals surface area contributed by atoms with Gasteiger partial charge in [0, 0.05) is 12.0 Å². The van der Waals surface area contributed by atoms with Crippen molar-refractivity contribution < 1.29 is 9.50 Å². The number of aliphatic hydroxyl groups excluding tert-OH is 1. The first-order valence-electron chi connectivity index (χ1n) is 5.22. The molecule has 1 aromatic rings. The van der Waals surface area contributed by atoms with Gasteiger partial charge in [-0.15, -0.1) is 0 Å². The van der Waals surface area contributed by atoms with Crippen molar-refractivity contribution in [2.45, 2.75) is 26.4 Å². The third-order valence-electron chi connectivity index (χ3n) is 3.10. The normalized spacial score (nSPS) is 16.9. The Hall–Kier alpha value is -0.450. The van der Waals surface area contributed by atoms with Crippen LogP contribution in [0.1, 0.15) is 19.4 Å². The van der Waals surface area contributed by atoms with Crippen LogP contribution in [0.2, 0.25) is 0 Å². The van der Waals surface area contributed by atoms with Crippen LogP contribution in [0.15, 0.2) is 22.7 Å². The number of hydrogen-bond acceptors (Lipinski definition) is 2. The summed E-state index contributed by atoms with van der Waals surface area (Å²) in [7, 11) is 0. The van der Waals surface area contributed by atoms with E-state index in [2.05, 4.69) is 15.9 Å². The molecule has 0 saturated heterocycles. The molecule has 1 aromatic carbocycles. The van der Waals surface area contributed by atoms with E-state index in [9.17, 15) is 9.50 Å². The minimum Gasteiger partial charge on any atom is -0.393 e. The predicted octanol–water partition coefficient (Wildman–Crippen LogP) is 2.48. The standard InChI is InChI=1S/C12H17BrFNO/c1-8(16)12(2,7-15)6-9-4-3-5-10(14)11(9)13/h3-5,8,16H,6-7,15H2,1-2H3. The molecule has 2 atom stereocenters. The van der Waals surface area contributed by atoms with Gasteiger partial charge in [0.2, 0.25) is 0 Å². The van der Waals surface area contributed by atoms with Gasteiger partial charge in [-0.2, -0.15) is 0 Å². The zero-order valence-electron chi connectivity index (χ0n) is 9.50. The lowest BCUT2D eigenvalue weighted by molar-refractivity contribution is 0.0587. The van der Waals surface area contributed by atoms with Gasteiger partial charge < -0.3 is 10.8 Å². The lowest BCUT2D eigenvalue weighted by Gasteiger charge is -2.31. The monoisotopic (exact) mass is 289 g/mol. The fraction of sp³-hybridized carbons (Fsp3) is 0.500. The Morgan fingerprint density at radius 3 is 2.69 bits per heavy atom. The molecule has 0 spiro atoms. The van der Waals surface area contributed by atoms with E-state index in [0.29, 0.717) is 17.4 Å². The van der Waals surface area contributed by atoms with Gasteiger partial charge in [-0.1, -0.05) is 19.1 Å². The zero-order chi connectivity index (χ0) is 12.3. The van der Waals surface area contributed by atoms with Gasteiger partial charge in [0.25, 0.3) is 0 Å². The summed E-state index contributed by atoms with van der Waals surface area (Å²) in [5, 5.41) is 9.70. The van der Waals surface area contributed by atoms with E-state index in [4.69, 9.17) is 5.73 Å². The lowest BCUT2D eigenvalue weighted by Crippen LogP contribution is -2.39. The Labute approximate surface area is 104 Å². The summed E-state index contributed by atoms with van der Waals surface area (Å²) in [6.07, 6.45) is 0.00661. The van der Waals surface area contributed by atoms with E-state index >= 15 is 0 Å². The van der Waals surface area contributed by atoms with E-state index in [-0.39, 0.29) is 5.82 Å². The van der Waals surface area contributed by atoms with Crippen molar-refractivity contribution in [2.24, 2.45) is 11.1 Å². The van der Waals surface area contributed by atoms with Crippen molar-refractivity contribution in [1.29, 1.82) is 0 Å². The minimum absolute atomic E-state index is 0.289. The summed E-state index contributed by atoms with van der Waals surface area (Å²) >= 11 is 3.21. The van der Waals surface area contributed by atoms with Gasteiger partial charge in [-0.3, -0.25) is 0 Å². The molecular formula is C12H17BrFNO. The van der Waals surface area contributed by atoms with Crippen LogP contribution in [0.25, 0.3) is 0 Å². The quantitative estimate of drug-likeness (QED) is 0.895. The molecule has 3 N–H and O–H groups in total. The van der Waals surface area contributed by atoms with Crippen molar-refractivity contribution in [3.05, 3.63) is 34.1 Å². The van der Waals surface area contributed by atoms with Crippen LogP contribution in [0.5, 0.6) is 0 Å². The second kappa shape index (κ2) is 5.25. The highest BCUT2D eigenvalue weighted by atomic mass is 79.9. The molecule has 0 heterocycles. The van der Waals surface area contributed by atoms with Gasteiger partial charge in [0.05, 0.1) is 10.6 Å². The Kier molecular flexibility index (Phi) is 4.47. The second-order valence-corrected chi connectivity index (χ2v) is 5.22. The summed E-state index contributed by atoms with van der Waals surface area (Å²) in [5.41, 5.74) is 6.07. The summed E-state index contributed by atoms with van der Waals surface area (Å²) in [6, 6.07) is 4.90. The molecule has 1 rings (SSSR count). The molecule has 2 unspecified atom stereocenters. The molecule has 16 heavy (non-hydrogen) atoms. The maximum absolute atomic E-state index is 13.3. The van der Waals surface area contributed by atoms with Gasteiger partial charge >= 0.3 is 0 Å². The average Bonchev–Trinajstić information content (AvgIpc) is 2.24. The molecule has 0 aliphatic heterocycles. The van der Waals surface area contributed by atoms with E-state index in [1.165, 1.54) is 6.07 Å². The number of rotatable bonds is 4. The molecule has 90 valence electrons. The van der Waals surface area contributed by atoms with Crippen molar-refractivity contribution >= 4 is 15.9 Å². The molecule has 0 amide bonds. The van der Waals surface area contributed by atoms with Crippen LogP contribution < -0.4 is 5.73 Å². The molecule has 4 heteroatoms. The molecular weight excluding hydrogens is 273 g/mol. The van der Waals surface area contributed by atoms with E-state index < -0.39 is 11.5 Å². The fourth-order valence-corrected chi connectivity index (χ4v) is 1.92. The molecule has 0 radical (unpaired) electrons. The van der Waals surface area contributed by atoms with Gasteiger partial charge in [0.1, 0.15) is 5.82 Å². The van der Waals surface area contributed by atoms with Crippen LogP contribution in [-0.4, -0.2) is 17.8 Å². The smallest absolute Gasteiger partial charge is 0.137 e. The Balaban J connectivity index is 2.99. The Bertz CT molecular complexity index is 370. The maximum atomic E-state index is 13.3. The van der Waals surface area contributed by atoms with E-state index in [0.717, 1.165) is 5.56 Å². The molecule has 0 bridgehead atoms. The summed E-state index contributed by atoms with van der Waals surface area (Å²) < 4.78 is 13.8. The van der Waals surface area contributed by atoms with E-state index in [1.54, 1.807) is 13.0 Å². The third kappa shape index (κ3) is 2.81. The predicted molar refractivity (Wildman–Crippen MR) is 66.6 cm³/mol. The minimum atomic E-state index is -0.535. The highest BCUT2D eigenvalue weighted by molar-refractivity contribution is 9.10. The maximum Gasteiger partial charge on any atom is 0.137 e. The summed E-state index contributed by atoms with van der Waals surface area (Å²) in [5.74, 6) is -0.289. The number of halogens is 2. The van der Waals surface area contributed by atoms with Crippen molar-refractivity contribution in [3.63, 3.8) is 0 Å². The molecule has 0 aromatic heterocycles. The number of benzene rings is 1. The molecule has 0 fully saturated rings. The Morgan fingerprint density at radius 1 is 1.56 bits per heavy atom. The summed E-state index contributed by atoms with van der Waals surface area (Å²) in [6.45, 7) is 3.96. The average molecular weight is 290 g/mol. The van der Waals surface area contributed by atoms with Gasteiger partial charge in [0.15, 0.2) is 0 Å². The number of aliphatic hydroxyl groups is 1. The largest absolute Gasteiger partial charge is 0.393 e. The molecule has 0 saturated carbocycles. The van der Waals surface area contributed by atoms with Crippen molar-refractivity contribution in [1.82, 2.24) is 0 Å². The molecule has 0 aliphatic rings. The Morgan fingerprint density at radius 2 is 2.19 bits per heavy atom. The number of nitrogens with two attached hydrogens (primary N) is 1. The van der Waals surface area contributed by atoms with Crippen LogP contribution in [0.3, 0.4) is 0 Å². The topological polar surface area (TPSA) is 46.2 Å². The molecule has 2 nitrogen and oxygen atoms in total. The fourth-order valence-electron chi connectivity index (χ4n) is 1.51. The number of hydrogen-bond donors (Lipinski definition) is 2. The highest BCUT2D eigenvalue weighted by Gasteiger charge is 2.29. The lowest BCUT2D eigenvalue weighted by atomic mass is 9.79. The van der Waals surface area contributed by atoms with Crippen LogP contribution in [-0.2, 0) is 6.42 Å². The van der Waals surface area contributed by atoms with E-state index in [1.807, 2.05) is 13.0 Å². The van der Waals surface area contributed by atoms with Crippen molar-refractivity contribution in [3.8, 4) is 0 Å². The van der Waals surface area contributed by atoms with Gasteiger partial charge in [-0.25, -0.2) is 4.39 Å². The zero-order valence-corrected chi connectivity index (χ0v) is 11.1. The second-order valence-electron chi connectivity index (χ2n) is 4.42. The molecule has 0 aliphatic carbocycles. The first kappa shape index (κ1) is 13.6. The highest BCUT2D eigenvalue weighted by Crippen LogP contribution is 2.30. The summed E-state index contributed by atoms with van der Waals surface area (Å²) in [4.78, 5) is 0. The first-order valence-corrected chi connectivity index (χ1v) is 6.01. The van der Waals surface area contributed by atoms with Crippen LogP contribution >= 0.6 is 15.9 Å². The van der Waals surface area contributed by atoms with Crippen LogP contribution in [0, 0.1) is 11.2 Å². The first-order chi connectivity index (χ1) is 7.40.